The third-order valence-corrected chi connectivity index (χ3v) is 5.86. The second-order valence-electron chi connectivity index (χ2n) is 7.88. The number of aromatic nitrogens is 1. The predicted molar refractivity (Wildman–Crippen MR) is 119 cm³/mol. The summed E-state index contributed by atoms with van der Waals surface area (Å²) in [5, 5.41) is 0. The van der Waals surface area contributed by atoms with Crippen LogP contribution in [0.1, 0.15) is 57.9 Å². The average Bonchev–Trinajstić information content (AvgIpc) is 3.20. The van der Waals surface area contributed by atoms with Crippen LogP contribution in [0.4, 0.5) is 5.69 Å². The fourth-order valence-electron chi connectivity index (χ4n) is 4.30. The lowest BCUT2D eigenvalue weighted by atomic mass is 9.84. The van der Waals surface area contributed by atoms with Gasteiger partial charge in [-0.2, -0.15) is 0 Å². The Kier molecular flexibility index (Phi) is 6.03. The summed E-state index contributed by atoms with van der Waals surface area (Å²) in [4.78, 5) is 29.8. The van der Waals surface area contributed by atoms with Crippen LogP contribution in [-0.4, -0.2) is 23.7 Å². The van der Waals surface area contributed by atoms with E-state index in [0.29, 0.717) is 6.42 Å². The van der Waals surface area contributed by atoms with E-state index >= 15 is 0 Å². The minimum Gasteiger partial charge on any atom is -0.312 e. The van der Waals surface area contributed by atoms with E-state index in [9.17, 15) is 9.59 Å². The van der Waals surface area contributed by atoms with Crippen LogP contribution in [0.5, 0.6) is 0 Å². The summed E-state index contributed by atoms with van der Waals surface area (Å²) in [6, 6.07) is 20.3. The van der Waals surface area contributed by atoms with Gasteiger partial charge >= 0.3 is 0 Å². The zero-order valence-corrected chi connectivity index (χ0v) is 17.3. The maximum Gasteiger partial charge on any atom is 0.227 e. The van der Waals surface area contributed by atoms with Crippen molar-refractivity contribution in [3.8, 4) is 0 Å². The van der Waals surface area contributed by atoms with Gasteiger partial charge in [0.2, 0.25) is 5.91 Å². The van der Waals surface area contributed by atoms with E-state index in [2.05, 4.69) is 23.2 Å². The van der Waals surface area contributed by atoms with Gasteiger partial charge in [0.05, 0.1) is 0 Å². The lowest BCUT2D eigenvalue weighted by Gasteiger charge is -2.20. The van der Waals surface area contributed by atoms with Crippen LogP contribution in [0.2, 0.25) is 0 Å². The first kappa shape index (κ1) is 20.0. The van der Waals surface area contributed by atoms with E-state index in [1.807, 2.05) is 60.5 Å². The normalized spacial score (nSPS) is 14.7. The second kappa shape index (κ2) is 9.04. The first-order valence-corrected chi connectivity index (χ1v) is 10.5. The fraction of sp³-hybridized carbons (Fsp3) is 0.269. The van der Waals surface area contributed by atoms with Gasteiger partial charge in [-0.05, 0) is 67.1 Å². The molecule has 2 heterocycles. The molecule has 2 aromatic carbocycles. The molecule has 4 rings (SSSR count). The zero-order chi connectivity index (χ0) is 20.9. The molecule has 0 unspecified atom stereocenters. The molecule has 1 aliphatic heterocycles. The van der Waals surface area contributed by atoms with Gasteiger partial charge in [-0.1, -0.05) is 36.4 Å². The molecule has 1 fully saturated rings. The summed E-state index contributed by atoms with van der Waals surface area (Å²) in [5.41, 5.74) is 6.15. The molecule has 1 amide bonds. The first-order chi connectivity index (χ1) is 14.7. The molecule has 4 nitrogen and oxygen atoms in total. The average molecular weight is 399 g/mol. The van der Waals surface area contributed by atoms with Crippen LogP contribution in [0, 0.1) is 6.92 Å². The molecule has 0 saturated carbocycles. The number of hydrogen-bond donors (Lipinski definition) is 0. The summed E-state index contributed by atoms with van der Waals surface area (Å²) in [7, 11) is 0. The van der Waals surface area contributed by atoms with Gasteiger partial charge in [0.25, 0.3) is 0 Å². The molecule has 0 N–H and O–H groups in total. The molecule has 4 heteroatoms. The van der Waals surface area contributed by atoms with Crippen LogP contribution in [-0.2, 0) is 11.2 Å². The SMILES string of the molecule is Cc1cc([C@@H](CCc2ccc(N3CCCC3=O)cc2)c2ccccc2C=O)ccn1. The number of aryl methyl sites for hydroxylation is 2. The van der Waals surface area contributed by atoms with Gasteiger partial charge in [0.15, 0.2) is 0 Å². The van der Waals surface area contributed by atoms with Crippen molar-refractivity contribution in [2.45, 2.75) is 38.5 Å². The van der Waals surface area contributed by atoms with Crippen LogP contribution in [0.3, 0.4) is 0 Å². The largest absolute Gasteiger partial charge is 0.312 e. The monoisotopic (exact) mass is 398 g/mol. The summed E-state index contributed by atoms with van der Waals surface area (Å²) >= 11 is 0. The number of anilines is 1. The van der Waals surface area contributed by atoms with Crippen molar-refractivity contribution in [2.24, 2.45) is 0 Å². The molecule has 0 aliphatic carbocycles. The van der Waals surface area contributed by atoms with E-state index in [4.69, 9.17) is 0 Å². The van der Waals surface area contributed by atoms with E-state index in [0.717, 1.165) is 54.6 Å². The molecule has 1 aliphatic rings. The number of rotatable bonds is 7. The second-order valence-corrected chi connectivity index (χ2v) is 7.88. The van der Waals surface area contributed by atoms with Crippen molar-refractivity contribution in [1.29, 1.82) is 0 Å². The van der Waals surface area contributed by atoms with E-state index < -0.39 is 0 Å². The van der Waals surface area contributed by atoms with Crippen LogP contribution < -0.4 is 4.90 Å². The van der Waals surface area contributed by atoms with E-state index in [1.165, 1.54) is 11.1 Å². The van der Waals surface area contributed by atoms with E-state index in [1.54, 1.807) is 0 Å². The Labute approximate surface area is 177 Å². The van der Waals surface area contributed by atoms with Gasteiger partial charge in [-0.25, -0.2) is 0 Å². The molecule has 3 aromatic rings. The summed E-state index contributed by atoms with van der Waals surface area (Å²) in [6.45, 7) is 2.80. The highest BCUT2D eigenvalue weighted by atomic mass is 16.2. The summed E-state index contributed by atoms with van der Waals surface area (Å²) in [5.74, 6) is 0.328. The maximum atomic E-state index is 12.0. The quantitative estimate of drug-likeness (QED) is 0.521. The Morgan fingerprint density at radius 2 is 1.90 bits per heavy atom. The molecule has 1 atom stereocenters. The van der Waals surface area contributed by atoms with Gasteiger partial charge in [-0.3, -0.25) is 14.6 Å². The number of carbonyl (C=O) groups excluding carboxylic acids is 2. The van der Waals surface area contributed by atoms with Crippen molar-refractivity contribution >= 4 is 17.9 Å². The summed E-state index contributed by atoms with van der Waals surface area (Å²) < 4.78 is 0. The number of amides is 1. The fourth-order valence-corrected chi connectivity index (χ4v) is 4.30. The highest BCUT2D eigenvalue weighted by Crippen LogP contribution is 2.32. The minimum atomic E-state index is 0.118. The number of benzene rings is 2. The smallest absolute Gasteiger partial charge is 0.227 e. The predicted octanol–water partition coefficient (Wildman–Crippen LogP) is 5.09. The van der Waals surface area contributed by atoms with Gasteiger partial charge < -0.3 is 4.90 Å². The van der Waals surface area contributed by atoms with Crippen molar-refractivity contribution in [3.05, 3.63) is 94.8 Å². The number of pyridine rings is 1. The number of aldehydes is 1. The van der Waals surface area contributed by atoms with Crippen LogP contribution >= 0.6 is 0 Å². The van der Waals surface area contributed by atoms with E-state index in [-0.39, 0.29) is 11.8 Å². The van der Waals surface area contributed by atoms with Crippen molar-refractivity contribution in [1.82, 2.24) is 4.98 Å². The van der Waals surface area contributed by atoms with Gasteiger partial charge in [0, 0.05) is 42.0 Å². The molecule has 0 radical (unpaired) electrons. The van der Waals surface area contributed by atoms with Crippen LogP contribution in [0.25, 0.3) is 0 Å². The number of hydrogen-bond acceptors (Lipinski definition) is 3. The molecular formula is C26H26N2O2. The van der Waals surface area contributed by atoms with Gasteiger partial charge in [0.1, 0.15) is 6.29 Å². The minimum absolute atomic E-state index is 0.118. The molecule has 152 valence electrons. The molecular weight excluding hydrogens is 372 g/mol. The Hall–Kier alpha value is -3.27. The Balaban J connectivity index is 1.56. The zero-order valence-electron chi connectivity index (χ0n) is 17.3. The lowest BCUT2D eigenvalue weighted by molar-refractivity contribution is -0.117. The maximum absolute atomic E-state index is 12.0. The topological polar surface area (TPSA) is 50.3 Å². The molecule has 0 spiro atoms. The molecule has 0 bridgehead atoms. The third kappa shape index (κ3) is 4.33. The number of nitrogens with zero attached hydrogens (tertiary/aromatic N) is 2. The molecule has 1 saturated heterocycles. The van der Waals surface area contributed by atoms with Crippen LogP contribution in [0.15, 0.2) is 66.9 Å². The highest BCUT2D eigenvalue weighted by molar-refractivity contribution is 5.95. The first-order valence-electron chi connectivity index (χ1n) is 10.5. The van der Waals surface area contributed by atoms with Crippen molar-refractivity contribution < 1.29 is 9.59 Å². The highest BCUT2D eigenvalue weighted by Gasteiger charge is 2.22. The Morgan fingerprint density at radius 1 is 1.10 bits per heavy atom. The van der Waals surface area contributed by atoms with Gasteiger partial charge in [-0.15, -0.1) is 0 Å². The van der Waals surface area contributed by atoms with Crippen molar-refractivity contribution in [2.75, 3.05) is 11.4 Å². The Morgan fingerprint density at radius 3 is 2.60 bits per heavy atom. The number of carbonyl (C=O) groups is 2. The van der Waals surface area contributed by atoms with Crippen molar-refractivity contribution in [3.63, 3.8) is 0 Å². The lowest BCUT2D eigenvalue weighted by Crippen LogP contribution is -2.23. The molecule has 30 heavy (non-hydrogen) atoms. The Bertz CT molecular complexity index is 1040. The summed E-state index contributed by atoms with van der Waals surface area (Å²) in [6.07, 6.45) is 6.12. The third-order valence-electron chi connectivity index (χ3n) is 5.86. The standard InChI is InChI=1S/C26H26N2O2/c1-19-17-21(14-15-27-19)25(24-6-3-2-5-22(24)18-29)13-10-20-8-11-23(12-9-20)28-16-4-7-26(28)30/h2-3,5-6,8-9,11-12,14-15,17-18,25H,4,7,10,13,16H2,1H3/t25-/m1/s1. The molecule has 1 aromatic heterocycles.